The van der Waals surface area contributed by atoms with Gasteiger partial charge in [0.05, 0.1) is 6.04 Å². The lowest BCUT2D eigenvalue weighted by Gasteiger charge is -2.32. The van der Waals surface area contributed by atoms with Gasteiger partial charge in [-0.25, -0.2) is 9.37 Å². The number of aliphatic hydroxyl groups excluding tert-OH is 1. The van der Waals surface area contributed by atoms with Crippen molar-refractivity contribution in [2.24, 2.45) is 0 Å². The molecule has 0 fully saturated rings. The van der Waals surface area contributed by atoms with Gasteiger partial charge in [-0.05, 0) is 41.5 Å². The molecule has 5 rings (SSSR count). The number of halogens is 4. The fourth-order valence-corrected chi connectivity index (χ4v) is 4.06. The van der Waals surface area contributed by atoms with E-state index in [2.05, 4.69) is 15.2 Å². The number of hydrogen-bond donors (Lipinski definition) is 1. The SMILES string of the molecule is O=C1c2cc(-c3nnc(C(F)F)o3)ccc2CN1C(c1ccc(F)cc1)C(O)c1ccc(F)nc1. The average molecular weight is 484 g/mol. The first-order valence-corrected chi connectivity index (χ1v) is 10.4. The lowest BCUT2D eigenvalue weighted by atomic mass is 9.95. The zero-order valence-electron chi connectivity index (χ0n) is 17.8. The Bertz CT molecular complexity index is 1380. The van der Waals surface area contributed by atoms with E-state index in [4.69, 9.17) is 4.42 Å². The molecule has 3 heterocycles. The van der Waals surface area contributed by atoms with Crippen molar-refractivity contribution >= 4 is 5.91 Å². The maximum atomic E-state index is 13.6. The highest BCUT2D eigenvalue weighted by atomic mass is 19.3. The third kappa shape index (κ3) is 4.26. The molecule has 2 aromatic carbocycles. The first-order valence-electron chi connectivity index (χ1n) is 10.4. The van der Waals surface area contributed by atoms with Crippen LogP contribution in [-0.2, 0) is 6.54 Å². The molecule has 1 N–H and O–H groups in total. The fraction of sp³-hybridized carbons (Fsp3) is 0.167. The van der Waals surface area contributed by atoms with E-state index in [0.717, 1.165) is 6.07 Å². The molecule has 11 heteroatoms. The summed E-state index contributed by atoms with van der Waals surface area (Å²) in [4.78, 5) is 18.4. The molecule has 7 nitrogen and oxygen atoms in total. The molecule has 0 radical (unpaired) electrons. The van der Waals surface area contributed by atoms with Gasteiger partial charge in [0, 0.05) is 29.4 Å². The van der Waals surface area contributed by atoms with E-state index in [0.29, 0.717) is 11.1 Å². The number of carbonyl (C=O) groups is 1. The highest BCUT2D eigenvalue weighted by molar-refractivity contribution is 5.99. The number of hydrogen-bond acceptors (Lipinski definition) is 6. The number of nitrogens with zero attached hydrogens (tertiary/aromatic N) is 4. The van der Waals surface area contributed by atoms with Crippen LogP contribution < -0.4 is 0 Å². The van der Waals surface area contributed by atoms with Crippen LogP contribution in [0.4, 0.5) is 17.6 Å². The molecule has 1 aliphatic rings. The number of benzene rings is 2. The van der Waals surface area contributed by atoms with Crippen molar-refractivity contribution in [2.45, 2.75) is 25.1 Å². The van der Waals surface area contributed by atoms with Crippen molar-refractivity contribution in [1.29, 1.82) is 0 Å². The van der Waals surface area contributed by atoms with Crippen LogP contribution in [0.5, 0.6) is 0 Å². The number of rotatable bonds is 6. The van der Waals surface area contributed by atoms with Gasteiger partial charge in [-0.15, -0.1) is 10.2 Å². The summed E-state index contributed by atoms with van der Waals surface area (Å²) in [6.07, 6.45) is -3.07. The van der Waals surface area contributed by atoms with E-state index in [1.807, 2.05) is 0 Å². The van der Waals surface area contributed by atoms with Gasteiger partial charge >= 0.3 is 6.43 Å². The Morgan fingerprint density at radius 3 is 2.37 bits per heavy atom. The third-order valence-corrected chi connectivity index (χ3v) is 5.75. The zero-order chi connectivity index (χ0) is 24.7. The number of aromatic nitrogens is 3. The van der Waals surface area contributed by atoms with Crippen molar-refractivity contribution in [3.05, 3.63) is 101 Å². The number of amides is 1. The average Bonchev–Trinajstić information content (AvgIpc) is 3.47. The second kappa shape index (κ2) is 8.91. The molecule has 0 bridgehead atoms. The highest BCUT2D eigenvalue weighted by Crippen LogP contribution is 2.40. The molecule has 2 atom stereocenters. The van der Waals surface area contributed by atoms with Crippen molar-refractivity contribution in [3.8, 4) is 11.5 Å². The summed E-state index contributed by atoms with van der Waals surface area (Å²) in [5, 5.41) is 18.1. The minimum absolute atomic E-state index is 0.105. The Kier molecular flexibility index (Phi) is 5.77. The molecule has 178 valence electrons. The number of pyridine rings is 1. The Balaban J connectivity index is 1.51. The monoisotopic (exact) mass is 484 g/mol. The predicted octanol–water partition coefficient (Wildman–Crippen LogP) is 4.78. The molecule has 0 aliphatic carbocycles. The van der Waals surface area contributed by atoms with Gasteiger partial charge in [-0.2, -0.15) is 13.2 Å². The van der Waals surface area contributed by atoms with Crippen LogP contribution in [0.15, 0.2) is 65.2 Å². The van der Waals surface area contributed by atoms with Crippen molar-refractivity contribution in [3.63, 3.8) is 0 Å². The maximum absolute atomic E-state index is 13.6. The van der Waals surface area contributed by atoms with Gasteiger partial charge in [0.2, 0.25) is 11.8 Å². The summed E-state index contributed by atoms with van der Waals surface area (Å²) in [6.45, 7) is 0.105. The van der Waals surface area contributed by atoms with Gasteiger partial charge in [0.1, 0.15) is 11.9 Å². The zero-order valence-corrected chi connectivity index (χ0v) is 17.8. The van der Waals surface area contributed by atoms with E-state index >= 15 is 0 Å². The molecule has 1 aliphatic heterocycles. The van der Waals surface area contributed by atoms with Crippen LogP contribution in [0.2, 0.25) is 0 Å². The van der Waals surface area contributed by atoms with E-state index in [-0.39, 0.29) is 29.1 Å². The summed E-state index contributed by atoms with van der Waals surface area (Å²) >= 11 is 0. The molecular weight excluding hydrogens is 468 g/mol. The van der Waals surface area contributed by atoms with Crippen LogP contribution in [0, 0.1) is 11.8 Å². The molecule has 2 unspecified atom stereocenters. The molecule has 4 aromatic rings. The van der Waals surface area contributed by atoms with Crippen LogP contribution in [-0.4, -0.2) is 31.1 Å². The molecular formula is C24H16F4N4O3. The number of alkyl halides is 2. The van der Waals surface area contributed by atoms with Crippen molar-refractivity contribution < 1.29 is 31.9 Å². The first-order chi connectivity index (χ1) is 16.8. The van der Waals surface area contributed by atoms with E-state index < -0.39 is 42.1 Å². The Hall–Kier alpha value is -4.12. The first kappa shape index (κ1) is 22.7. The predicted molar refractivity (Wildman–Crippen MR) is 113 cm³/mol. The largest absolute Gasteiger partial charge is 0.415 e. The lowest BCUT2D eigenvalue weighted by Crippen LogP contribution is -2.33. The van der Waals surface area contributed by atoms with E-state index in [1.165, 1.54) is 47.5 Å². The quantitative estimate of drug-likeness (QED) is 0.313. The Morgan fingerprint density at radius 2 is 1.71 bits per heavy atom. The molecule has 2 aromatic heterocycles. The third-order valence-electron chi connectivity index (χ3n) is 5.75. The van der Waals surface area contributed by atoms with Crippen LogP contribution in [0.1, 0.15) is 51.5 Å². The van der Waals surface area contributed by atoms with Crippen molar-refractivity contribution in [1.82, 2.24) is 20.1 Å². The number of fused-ring (bicyclic) bond motifs is 1. The summed E-state index contributed by atoms with van der Waals surface area (Å²) in [5.74, 6) is -2.68. The standard InChI is InChI=1S/C24H16F4N4O3/c25-16-6-3-12(4-7-16)19(20(33)14-5-8-18(26)29-10-14)32-11-15-2-1-13(9-17(15)24(32)34)22-30-31-23(35-22)21(27)28/h1-10,19-21,33H,11H2. The number of aliphatic hydroxyl groups is 1. The van der Waals surface area contributed by atoms with Gasteiger partial charge in [0.15, 0.2) is 0 Å². The summed E-state index contributed by atoms with van der Waals surface area (Å²) in [7, 11) is 0. The molecule has 0 saturated carbocycles. The van der Waals surface area contributed by atoms with Gasteiger partial charge in [-0.1, -0.05) is 24.3 Å². The fourth-order valence-electron chi connectivity index (χ4n) is 4.06. The molecule has 0 saturated heterocycles. The van der Waals surface area contributed by atoms with Crippen molar-refractivity contribution in [2.75, 3.05) is 0 Å². The van der Waals surface area contributed by atoms with Gasteiger partial charge < -0.3 is 14.4 Å². The summed E-state index contributed by atoms with van der Waals surface area (Å²) < 4.78 is 57.5. The summed E-state index contributed by atoms with van der Waals surface area (Å²) in [6, 6.07) is 11.4. The molecule has 1 amide bonds. The van der Waals surface area contributed by atoms with Crippen LogP contribution in [0.25, 0.3) is 11.5 Å². The van der Waals surface area contributed by atoms with Crippen LogP contribution in [0.3, 0.4) is 0 Å². The normalized spacial score (nSPS) is 14.9. The summed E-state index contributed by atoms with van der Waals surface area (Å²) in [5.41, 5.74) is 1.86. The highest BCUT2D eigenvalue weighted by Gasteiger charge is 2.38. The lowest BCUT2D eigenvalue weighted by molar-refractivity contribution is 0.0358. The Morgan fingerprint density at radius 1 is 0.971 bits per heavy atom. The van der Waals surface area contributed by atoms with E-state index in [1.54, 1.807) is 12.1 Å². The van der Waals surface area contributed by atoms with E-state index in [9.17, 15) is 27.5 Å². The molecule has 0 spiro atoms. The second-order valence-corrected chi connectivity index (χ2v) is 7.91. The number of carbonyl (C=O) groups excluding carboxylic acids is 1. The minimum Gasteiger partial charge on any atom is -0.415 e. The van der Waals surface area contributed by atoms with Crippen LogP contribution >= 0.6 is 0 Å². The minimum atomic E-state index is -2.93. The molecule has 35 heavy (non-hydrogen) atoms. The second-order valence-electron chi connectivity index (χ2n) is 7.91. The maximum Gasteiger partial charge on any atom is 0.314 e. The van der Waals surface area contributed by atoms with Gasteiger partial charge in [-0.3, -0.25) is 4.79 Å². The Labute approximate surface area is 195 Å². The smallest absolute Gasteiger partial charge is 0.314 e. The van der Waals surface area contributed by atoms with Gasteiger partial charge in [0.25, 0.3) is 11.8 Å². The topological polar surface area (TPSA) is 92.4 Å².